The van der Waals surface area contributed by atoms with E-state index < -0.39 is 10.0 Å². The zero-order valence-corrected chi connectivity index (χ0v) is 12.9. The Morgan fingerprint density at radius 2 is 1.85 bits per heavy atom. The zero-order valence-electron chi connectivity index (χ0n) is 12.1. The second kappa shape index (κ2) is 5.71. The standard InChI is InChI=1S/C14H22N2O3S/c1-9-4-5-12(8-14(9)20(15,17)18)16-13-6-10(2)19-11(3)7-13/h4-5,8,10-11,13,16H,6-7H2,1-3H3,(H2,15,17,18). The van der Waals surface area contributed by atoms with Crippen LogP contribution in [0.4, 0.5) is 5.69 Å². The predicted octanol–water partition coefficient (Wildman–Crippen LogP) is 2.01. The molecule has 20 heavy (non-hydrogen) atoms. The molecule has 1 aromatic rings. The van der Waals surface area contributed by atoms with E-state index in [0.29, 0.717) is 5.56 Å². The average Bonchev–Trinajstić information content (AvgIpc) is 2.29. The smallest absolute Gasteiger partial charge is 0.238 e. The van der Waals surface area contributed by atoms with E-state index in [9.17, 15) is 8.42 Å². The number of benzene rings is 1. The highest BCUT2D eigenvalue weighted by Crippen LogP contribution is 2.25. The Bertz CT molecular complexity index is 576. The molecule has 0 bridgehead atoms. The van der Waals surface area contributed by atoms with E-state index in [2.05, 4.69) is 19.2 Å². The lowest BCUT2D eigenvalue weighted by atomic mass is 9.99. The third-order valence-electron chi connectivity index (χ3n) is 3.56. The number of sulfonamides is 1. The Labute approximate surface area is 120 Å². The second-order valence-corrected chi connectivity index (χ2v) is 7.13. The molecule has 0 amide bonds. The van der Waals surface area contributed by atoms with Gasteiger partial charge in [-0.25, -0.2) is 13.6 Å². The molecule has 5 nitrogen and oxygen atoms in total. The minimum atomic E-state index is -3.68. The summed E-state index contributed by atoms with van der Waals surface area (Å²) >= 11 is 0. The SMILES string of the molecule is Cc1ccc(NC2CC(C)OC(C)C2)cc1S(N)(=O)=O. The van der Waals surface area contributed by atoms with Crippen molar-refractivity contribution in [1.82, 2.24) is 0 Å². The first kappa shape index (κ1) is 15.3. The van der Waals surface area contributed by atoms with Gasteiger partial charge in [0.25, 0.3) is 0 Å². The van der Waals surface area contributed by atoms with Crippen LogP contribution < -0.4 is 10.5 Å². The van der Waals surface area contributed by atoms with Gasteiger partial charge in [-0.1, -0.05) is 6.07 Å². The van der Waals surface area contributed by atoms with Crippen LogP contribution >= 0.6 is 0 Å². The van der Waals surface area contributed by atoms with Crippen LogP contribution in [-0.2, 0) is 14.8 Å². The van der Waals surface area contributed by atoms with Crippen molar-refractivity contribution in [2.45, 2.75) is 56.8 Å². The van der Waals surface area contributed by atoms with Crippen LogP contribution in [0.2, 0.25) is 0 Å². The highest BCUT2D eigenvalue weighted by atomic mass is 32.2. The van der Waals surface area contributed by atoms with Crippen molar-refractivity contribution in [3.63, 3.8) is 0 Å². The number of nitrogens with one attached hydrogen (secondary N) is 1. The molecule has 6 heteroatoms. The summed E-state index contributed by atoms with van der Waals surface area (Å²) in [5.74, 6) is 0. The first-order chi connectivity index (χ1) is 9.25. The van der Waals surface area contributed by atoms with E-state index in [0.717, 1.165) is 18.5 Å². The van der Waals surface area contributed by atoms with Gasteiger partial charge in [-0.3, -0.25) is 0 Å². The molecule has 0 spiro atoms. The molecule has 0 radical (unpaired) electrons. The number of primary sulfonamides is 1. The zero-order chi connectivity index (χ0) is 14.9. The molecule has 1 fully saturated rings. The minimum Gasteiger partial charge on any atom is -0.382 e. The van der Waals surface area contributed by atoms with Crippen LogP contribution in [0.5, 0.6) is 0 Å². The number of hydrogen-bond acceptors (Lipinski definition) is 4. The van der Waals surface area contributed by atoms with Gasteiger partial charge in [0.05, 0.1) is 17.1 Å². The van der Waals surface area contributed by atoms with Crippen LogP contribution in [0.15, 0.2) is 23.1 Å². The van der Waals surface area contributed by atoms with E-state index in [1.807, 2.05) is 6.07 Å². The number of nitrogens with two attached hydrogens (primary N) is 1. The van der Waals surface area contributed by atoms with Gasteiger partial charge in [-0.05, 0) is 51.3 Å². The quantitative estimate of drug-likeness (QED) is 0.894. The maximum absolute atomic E-state index is 11.5. The Kier molecular flexibility index (Phi) is 4.36. The van der Waals surface area contributed by atoms with Crippen LogP contribution in [-0.4, -0.2) is 26.7 Å². The van der Waals surface area contributed by atoms with Gasteiger partial charge in [-0.15, -0.1) is 0 Å². The molecule has 2 atom stereocenters. The molecule has 1 aliphatic heterocycles. The summed E-state index contributed by atoms with van der Waals surface area (Å²) < 4.78 is 28.8. The van der Waals surface area contributed by atoms with Crippen molar-refractivity contribution in [2.75, 3.05) is 5.32 Å². The minimum absolute atomic E-state index is 0.177. The fraction of sp³-hybridized carbons (Fsp3) is 0.571. The summed E-state index contributed by atoms with van der Waals surface area (Å²) in [6.07, 6.45) is 2.23. The summed E-state index contributed by atoms with van der Waals surface area (Å²) in [5.41, 5.74) is 1.44. The van der Waals surface area contributed by atoms with Crippen molar-refractivity contribution in [1.29, 1.82) is 0 Å². The molecule has 1 aromatic carbocycles. The fourth-order valence-electron chi connectivity index (χ4n) is 2.76. The molecule has 1 aliphatic rings. The van der Waals surface area contributed by atoms with Crippen LogP contribution in [0.25, 0.3) is 0 Å². The average molecular weight is 298 g/mol. The Balaban J connectivity index is 2.18. The fourth-order valence-corrected chi connectivity index (χ4v) is 3.56. The molecule has 1 heterocycles. The number of hydrogen-bond donors (Lipinski definition) is 2. The predicted molar refractivity (Wildman–Crippen MR) is 79.2 cm³/mol. The van der Waals surface area contributed by atoms with Gasteiger partial charge < -0.3 is 10.1 Å². The Hall–Kier alpha value is -1.11. The maximum atomic E-state index is 11.5. The van der Waals surface area contributed by atoms with Crippen molar-refractivity contribution < 1.29 is 13.2 Å². The summed E-state index contributed by atoms with van der Waals surface area (Å²) in [5, 5.41) is 8.61. The van der Waals surface area contributed by atoms with E-state index >= 15 is 0 Å². The van der Waals surface area contributed by atoms with Crippen LogP contribution in [0.3, 0.4) is 0 Å². The summed E-state index contributed by atoms with van der Waals surface area (Å²) in [4.78, 5) is 0.177. The number of aryl methyl sites for hydroxylation is 1. The van der Waals surface area contributed by atoms with Gasteiger partial charge in [0.2, 0.25) is 10.0 Å². The summed E-state index contributed by atoms with van der Waals surface area (Å²) in [6.45, 7) is 5.84. The lowest BCUT2D eigenvalue weighted by molar-refractivity contribution is -0.0337. The number of anilines is 1. The van der Waals surface area contributed by atoms with E-state index in [1.54, 1.807) is 19.1 Å². The van der Waals surface area contributed by atoms with Crippen molar-refractivity contribution in [3.8, 4) is 0 Å². The normalized spacial score (nSPS) is 27.3. The first-order valence-corrected chi connectivity index (χ1v) is 8.36. The van der Waals surface area contributed by atoms with Gasteiger partial charge in [-0.2, -0.15) is 0 Å². The first-order valence-electron chi connectivity index (χ1n) is 6.81. The lowest BCUT2D eigenvalue weighted by Crippen LogP contribution is -2.36. The third kappa shape index (κ3) is 3.71. The van der Waals surface area contributed by atoms with E-state index in [4.69, 9.17) is 9.88 Å². The highest BCUT2D eigenvalue weighted by molar-refractivity contribution is 7.89. The molecular weight excluding hydrogens is 276 g/mol. The van der Waals surface area contributed by atoms with Crippen molar-refractivity contribution in [3.05, 3.63) is 23.8 Å². The summed E-state index contributed by atoms with van der Waals surface area (Å²) in [6, 6.07) is 5.54. The summed E-state index contributed by atoms with van der Waals surface area (Å²) in [7, 11) is -3.68. The molecule has 1 saturated heterocycles. The molecular formula is C14H22N2O3S. The molecule has 2 rings (SSSR count). The monoisotopic (exact) mass is 298 g/mol. The van der Waals surface area contributed by atoms with Crippen LogP contribution in [0, 0.1) is 6.92 Å². The Morgan fingerprint density at radius 3 is 2.40 bits per heavy atom. The van der Waals surface area contributed by atoms with E-state index in [-0.39, 0.29) is 23.1 Å². The molecule has 0 saturated carbocycles. The van der Waals surface area contributed by atoms with Crippen molar-refractivity contribution in [2.24, 2.45) is 5.14 Å². The largest absolute Gasteiger partial charge is 0.382 e. The van der Waals surface area contributed by atoms with Gasteiger partial charge in [0, 0.05) is 11.7 Å². The van der Waals surface area contributed by atoms with Gasteiger partial charge in [0.1, 0.15) is 0 Å². The van der Waals surface area contributed by atoms with Gasteiger partial charge >= 0.3 is 0 Å². The van der Waals surface area contributed by atoms with Crippen molar-refractivity contribution >= 4 is 15.7 Å². The van der Waals surface area contributed by atoms with Gasteiger partial charge in [0.15, 0.2) is 0 Å². The number of ether oxygens (including phenoxy) is 1. The van der Waals surface area contributed by atoms with Crippen LogP contribution in [0.1, 0.15) is 32.3 Å². The number of rotatable bonds is 3. The molecule has 112 valence electrons. The lowest BCUT2D eigenvalue weighted by Gasteiger charge is -2.33. The topological polar surface area (TPSA) is 81.4 Å². The van der Waals surface area contributed by atoms with E-state index in [1.165, 1.54) is 0 Å². The molecule has 2 unspecified atom stereocenters. The third-order valence-corrected chi connectivity index (χ3v) is 4.62. The molecule has 3 N–H and O–H groups in total. The molecule has 0 aromatic heterocycles. The molecule has 0 aliphatic carbocycles. The Morgan fingerprint density at radius 1 is 1.25 bits per heavy atom. The second-order valence-electron chi connectivity index (χ2n) is 5.60. The maximum Gasteiger partial charge on any atom is 0.238 e. The highest BCUT2D eigenvalue weighted by Gasteiger charge is 2.24.